The average Bonchev–Trinajstić information content (AvgIpc) is 2.25. The first-order valence-electron chi connectivity index (χ1n) is 5.21. The van der Waals surface area contributed by atoms with E-state index >= 15 is 0 Å². The molecule has 0 bridgehead atoms. The van der Waals surface area contributed by atoms with Crippen molar-refractivity contribution in [3.8, 4) is 5.75 Å². The first-order chi connectivity index (χ1) is 9.00. The van der Waals surface area contributed by atoms with Crippen LogP contribution in [-0.2, 0) is 19.9 Å². The zero-order valence-electron chi connectivity index (χ0n) is 10.4. The van der Waals surface area contributed by atoms with E-state index in [0.717, 1.165) is 24.5 Å². The summed E-state index contributed by atoms with van der Waals surface area (Å²) < 4.78 is 49.7. The van der Waals surface area contributed by atoms with E-state index in [-0.39, 0.29) is 23.7 Å². The molecule has 10 heteroatoms. The minimum Gasteiger partial charge on any atom is -0.491 e. The van der Waals surface area contributed by atoms with Crippen LogP contribution in [0.5, 0.6) is 5.75 Å². The topological polar surface area (TPSA) is 141 Å². The van der Waals surface area contributed by atoms with Crippen LogP contribution in [0, 0.1) is 0 Å². The number of aromatic carboxylic acids is 1. The molecule has 0 aromatic heterocycles. The summed E-state index contributed by atoms with van der Waals surface area (Å²) in [5.74, 6) is -1.82. The van der Waals surface area contributed by atoms with E-state index < -0.39 is 30.7 Å². The van der Waals surface area contributed by atoms with Gasteiger partial charge in [0.05, 0.1) is 11.3 Å². The Balaban J connectivity index is 3.10. The van der Waals surface area contributed by atoms with Crippen molar-refractivity contribution in [3.63, 3.8) is 0 Å². The third-order valence-electron chi connectivity index (χ3n) is 2.21. The number of carboxylic acid groups (broad SMARTS) is 1. The van der Waals surface area contributed by atoms with Gasteiger partial charge in [0.25, 0.3) is 0 Å². The fourth-order valence-corrected chi connectivity index (χ4v) is 2.37. The number of nitrogens with two attached hydrogens (primary N) is 1. The molecule has 0 fully saturated rings. The van der Waals surface area contributed by atoms with Gasteiger partial charge in [-0.1, -0.05) is 0 Å². The van der Waals surface area contributed by atoms with Gasteiger partial charge in [0, 0.05) is 6.26 Å². The zero-order chi connectivity index (χ0) is 15.6. The van der Waals surface area contributed by atoms with Crippen LogP contribution in [0.2, 0.25) is 0 Å². The molecule has 0 saturated heterocycles. The number of hydrogen-bond donors (Lipinski definition) is 2. The third-order valence-corrected chi connectivity index (χ3v) is 4.05. The third kappa shape index (κ3) is 4.79. The fraction of sp³-hybridized carbons (Fsp3) is 0.300. The molecule has 0 spiro atoms. The molecule has 3 N–H and O–H groups in total. The Morgan fingerprint density at radius 3 is 2.35 bits per heavy atom. The lowest BCUT2D eigenvalue weighted by Crippen LogP contribution is -2.17. The molecule has 0 aliphatic heterocycles. The van der Waals surface area contributed by atoms with Gasteiger partial charge in [0.2, 0.25) is 10.0 Å². The summed E-state index contributed by atoms with van der Waals surface area (Å²) in [5.41, 5.74) is -0.274. The van der Waals surface area contributed by atoms with Gasteiger partial charge in [-0.25, -0.2) is 26.8 Å². The van der Waals surface area contributed by atoms with Gasteiger partial charge in [0.1, 0.15) is 17.3 Å². The molecule has 0 unspecified atom stereocenters. The first-order valence-corrected chi connectivity index (χ1v) is 8.82. The summed E-state index contributed by atoms with van der Waals surface area (Å²) in [6, 6.07) is 3.10. The van der Waals surface area contributed by atoms with Crippen LogP contribution < -0.4 is 9.88 Å². The van der Waals surface area contributed by atoms with Crippen LogP contribution in [0.4, 0.5) is 0 Å². The smallest absolute Gasteiger partial charge is 0.335 e. The van der Waals surface area contributed by atoms with Crippen molar-refractivity contribution in [1.82, 2.24) is 0 Å². The predicted octanol–water partition coefficient (Wildman–Crippen LogP) is -0.544. The van der Waals surface area contributed by atoms with E-state index in [1.807, 2.05) is 0 Å². The number of rotatable bonds is 6. The molecule has 20 heavy (non-hydrogen) atoms. The van der Waals surface area contributed by atoms with E-state index in [1.165, 1.54) is 0 Å². The number of carboxylic acids is 1. The lowest BCUT2D eigenvalue weighted by Gasteiger charge is -2.10. The van der Waals surface area contributed by atoms with Crippen LogP contribution in [0.15, 0.2) is 23.1 Å². The van der Waals surface area contributed by atoms with Crippen molar-refractivity contribution in [2.75, 3.05) is 18.6 Å². The maximum absolute atomic E-state index is 11.4. The molecule has 0 atom stereocenters. The van der Waals surface area contributed by atoms with Crippen LogP contribution in [0.25, 0.3) is 0 Å². The molecule has 0 amide bonds. The maximum Gasteiger partial charge on any atom is 0.335 e. The van der Waals surface area contributed by atoms with E-state index in [9.17, 15) is 21.6 Å². The van der Waals surface area contributed by atoms with Crippen LogP contribution >= 0.6 is 0 Å². The highest BCUT2D eigenvalue weighted by Crippen LogP contribution is 2.24. The lowest BCUT2D eigenvalue weighted by molar-refractivity contribution is 0.0696. The van der Waals surface area contributed by atoms with Crippen molar-refractivity contribution in [1.29, 1.82) is 0 Å². The molecular weight excluding hydrogens is 310 g/mol. The van der Waals surface area contributed by atoms with E-state index in [2.05, 4.69) is 0 Å². The van der Waals surface area contributed by atoms with Crippen molar-refractivity contribution >= 4 is 25.8 Å². The summed E-state index contributed by atoms with van der Waals surface area (Å²) in [4.78, 5) is 10.3. The van der Waals surface area contributed by atoms with Crippen LogP contribution in [0.1, 0.15) is 10.4 Å². The number of benzene rings is 1. The quantitative estimate of drug-likeness (QED) is 0.715. The fourth-order valence-electron chi connectivity index (χ4n) is 1.29. The molecule has 112 valence electrons. The molecule has 1 aromatic rings. The van der Waals surface area contributed by atoms with Gasteiger partial charge in [-0.2, -0.15) is 0 Å². The second kappa shape index (κ2) is 5.77. The molecule has 8 nitrogen and oxygen atoms in total. The van der Waals surface area contributed by atoms with Gasteiger partial charge < -0.3 is 9.84 Å². The molecule has 1 rings (SSSR count). The minimum absolute atomic E-state index is 0.193. The standard InChI is InChI=1S/C10H13NO7S2/c1-19(14,15)5-4-18-8-3-2-7(10(12)13)6-9(8)20(11,16)17/h2-3,6H,4-5H2,1H3,(H,12,13)(H2,11,16,17). The van der Waals surface area contributed by atoms with Gasteiger partial charge in [-0.15, -0.1) is 0 Å². The highest BCUT2D eigenvalue weighted by molar-refractivity contribution is 7.90. The van der Waals surface area contributed by atoms with Gasteiger partial charge in [-0.05, 0) is 18.2 Å². The molecule has 1 aromatic carbocycles. The number of hydrogen-bond acceptors (Lipinski definition) is 6. The van der Waals surface area contributed by atoms with Crippen molar-refractivity contribution < 1.29 is 31.5 Å². The average molecular weight is 323 g/mol. The van der Waals surface area contributed by atoms with Gasteiger partial charge >= 0.3 is 5.97 Å². The summed E-state index contributed by atoms with van der Waals surface area (Å²) in [5, 5.41) is 13.8. The molecule has 0 aliphatic carbocycles. The Hall–Kier alpha value is -1.65. The van der Waals surface area contributed by atoms with Crippen molar-refractivity contribution in [2.45, 2.75) is 4.90 Å². The molecule has 0 heterocycles. The predicted molar refractivity (Wildman–Crippen MR) is 70.0 cm³/mol. The summed E-state index contributed by atoms with van der Waals surface area (Å²) >= 11 is 0. The maximum atomic E-state index is 11.4. The summed E-state index contributed by atoms with van der Waals surface area (Å²) in [7, 11) is -7.46. The Kier molecular flexibility index (Phi) is 4.73. The Morgan fingerprint density at radius 1 is 1.30 bits per heavy atom. The zero-order valence-corrected chi connectivity index (χ0v) is 12.1. The Labute approximate surface area is 116 Å². The number of sulfonamides is 1. The van der Waals surface area contributed by atoms with Gasteiger partial charge in [0.15, 0.2) is 9.84 Å². The Morgan fingerprint density at radius 2 is 1.90 bits per heavy atom. The normalized spacial score (nSPS) is 12.1. The largest absolute Gasteiger partial charge is 0.491 e. The number of ether oxygens (including phenoxy) is 1. The van der Waals surface area contributed by atoms with Crippen molar-refractivity contribution in [2.24, 2.45) is 5.14 Å². The number of sulfone groups is 1. The highest BCUT2D eigenvalue weighted by Gasteiger charge is 2.18. The van der Waals surface area contributed by atoms with Crippen LogP contribution in [0.3, 0.4) is 0 Å². The Bertz CT molecular complexity index is 722. The van der Waals surface area contributed by atoms with E-state index in [0.29, 0.717) is 0 Å². The SMILES string of the molecule is CS(=O)(=O)CCOc1ccc(C(=O)O)cc1S(N)(=O)=O. The number of primary sulfonamides is 1. The first kappa shape index (κ1) is 16.4. The van der Waals surface area contributed by atoms with Crippen molar-refractivity contribution in [3.05, 3.63) is 23.8 Å². The summed E-state index contributed by atoms with van der Waals surface area (Å²) in [6.45, 7) is -0.270. The van der Waals surface area contributed by atoms with Gasteiger partial charge in [-0.3, -0.25) is 0 Å². The molecule has 0 saturated carbocycles. The van der Waals surface area contributed by atoms with E-state index in [4.69, 9.17) is 15.0 Å². The minimum atomic E-state index is -4.19. The van der Waals surface area contributed by atoms with Crippen LogP contribution in [-0.4, -0.2) is 46.5 Å². The number of carbonyl (C=O) groups is 1. The molecule has 0 aliphatic rings. The summed E-state index contributed by atoms with van der Waals surface area (Å²) in [6.07, 6.45) is 1.00. The van der Waals surface area contributed by atoms with E-state index in [1.54, 1.807) is 0 Å². The second-order valence-corrected chi connectivity index (χ2v) is 7.78. The molecular formula is C10H13NO7S2. The monoisotopic (exact) mass is 323 g/mol. The molecule has 0 radical (unpaired) electrons. The highest BCUT2D eigenvalue weighted by atomic mass is 32.2. The lowest BCUT2D eigenvalue weighted by atomic mass is 10.2. The second-order valence-electron chi connectivity index (χ2n) is 3.99.